The molecule has 0 atom stereocenters. The van der Waals surface area contributed by atoms with E-state index in [1.54, 1.807) is 0 Å². The largest absolute Gasteiger partial charge is 0.416 e. The minimum absolute atomic E-state index is 0.00514. The third kappa shape index (κ3) is 3.93. The highest BCUT2D eigenvalue weighted by atomic mass is 35.5. The van der Waals surface area contributed by atoms with E-state index in [1.807, 2.05) is 0 Å². The molecule has 1 fully saturated rings. The van der Waals surface area contributed by atoms with Crippen LogP contribution in [-0.4, -0.2) is 24.2 Å². The summed E-state index contributed by atoms with van der Waals surface area (Å²) in [6.45, 7) is -0.0103. The average molecular weight is 333 g/mol. The summed E-state index contributed by atoms with van der Waals surface area (Å²) < 4.78 is 75.7. The van der Waals surface area contributed by atoms with E-state index in [-0.39, 0.29) is 36.9 Å². The highest BCUT2D eigenvalue weighted by molar-refractivity contribution is 6.29. The van der Waals surface area contributed by atoms with Crippen molar-refractivity contribution in [2.75, 3.05) is 18.0 Å². The number of piperidine rings is 1. The second-order valence-electron chi connectivity index (χ2n) is 4.84. The Bertz CT molecular complexity index is 505. The van der Waals surface area contributed by atoms with Crippen molar-refractivity contribution in [1.29, 1.82) is 0 Å². The van der Waals surface area contributed by atoms with E-state index in [9.17, 15) is 26.3 Å². The Morgan fingerprint density at radius 1 is 1.05 bits per heavy atom. The molecule has 0 spiro atoms. The number of alkyl halides is 6. The normalized spacial score (nSPS) is 18.1. The van der Waals surface area contributed by atoms with E-state index in [0.717, 1.165) is 6.07 Å². The zero-order valence-corrected chi connectivity index (χ0v) is 11.4. The Morgan fingerprint density at radius 3 is 2.10 bits per heavy atom. The minimum atomic E-state index is -4.58. The zero-order valence-electron chi connectivity index (χ0n) is 10.6. The molecule has 21 heavy (non-hydrogen) atoms. The van der Waals surface area contributed by atoms with Crippen molar-refractivity contribution in [2.24, 2.45) is 5.92 Å². The smallest absolute Gasteiger partial charge is 0.357 e. The third-order valence-electron chi connectivity index (χ3n) is 3.39. The number of hydrogen-bond donors (Lipinski definition) is 0. The number of anilines is 1. The van der Waals surface area contributed by atoms with Gasteiger partial charge in [-0.1, -0.05) is 11.6 Å². The van der Waals surface area contributed by atoms with Gasteiger partial charge >= 0.3 is 12.4 Å². The van der Waals surface area contributed by atoms with Crippen molar-refractivity contribution in [2.45, 2.75) is 25.2 Å². The number of pyridine rings is 1. The van der Waals surface area contributed by atoms with Crippen LogP contribution in [0.4, 0.5) is 32.2 Å². The third-order valence-corrected chi connectivity index (χ3v) is 3.58. The van der Waals surface area contributed by atoms with Gasteiger partial charge in [0.1, 0.15) is 11.0 Å². The van der Waals surface area contributed by atoms with Crippen molar-refractivity contribution >= 4 is 17.4 Å². The zero-order chi connectivity index (χ0) is 15.8. The van der Waals surface area contributed by atoms with Crippen LogP contribution in [0.5, 0.6) is 0 Å². The maximum absolute atomic E-state index is 12.7. The van der Waals surface area contributed by atoms with Crippen LogP contribution < -0.4 is 4.90 Å². The number of halogens is 7. The molecule has 1 aromatic rings. The predicted molar refractivity (Wildman–Crippen MR) is 65.2 cm³/mol. The van der Waals surface area contributed by atoms with Crippen LogP contribution in [0.1, 0.15) is 18.4 Å². The molecule has 0 aliphatic carbocycles. The molecule has 1 aliphatic heterocycles. The summed E-state index contributed by atoms with van der Waals surface area (Å²) in [6.07, 6.45) is -9.19. The first-order chi connectivity index (χ1) is 9.57. The molecular formula is C12H11ClF6N2. The monoisotopic (exact) mass is 332 g/mol. The van der Waals surface area contributed by atoms with Crippen molar-refractivity contribution < 1.29 is 26.3 Å². The van der Waals surface area contributed by atoms with Gasteiger partial charge in [0.25, 0.3) is 0 Å². The second-order valence-corrected chi connectivity index (χ2v) is 5.22. The maximum Gasteiger partial charge on any atom is 0.416 e. The second kappa shape index (κ2) is 5.55. The van der Waals surface area contributed by atoms with E-state index in [1.165, 1.54) is 4.90 Å². The molecule has 0 aromatic carbocycles. The summed E-state index contributed by atoms with van der Waals surface area (Å²) in [5, 5.41) is -0.335. The average Bonchev–Trinajstić information content (AvgIpc) is 2.36. The van der Waals surface area contributed by atoms with E-state index >= 15 is 0 Å². The van der Waals surface area contributed by atoms with Crippen LogP contribution >= 0.6 is 11.6 Å². The maximum atomic E-state index is 12.7. The molecule has 0 amide bonds. The first-order valence-electron chi connectivity index (χ1n) is 6.14. The van der Waals surface area contributed by atoms with E-state index in [2.05, 4.69) is 4.98 Å². The van der Waals surface area contributed by atoms with Gasteiger partial charge in [0.15, 0.2) is 0 Å². The molecule has 1 saturated heterocycles. The minimum Gasteiger partial charge on any atom is -0.357 e. The summed E-state index contributed by atoms with van der Waals surface area (Å²) in [7, 11) is 0. The Morgan fingerprint density at radius 2 is 1.62 bits per heavy atom. The lowest BCUT2D eigenvalue weighted by Gasteiger charge is -2.33. The van der Waals surface area contributed by atoms with Gasteiger partial charge in [-0.25, -0.2) is 4.98 Å². The Hall–Kier alpha value is -1.18. The highest BCUT2D eigenvalue weighted by Gasteiger charge is 2.41. The summed E-state index contributed by atoms with van der Waals surface area (Å²) >= 11 is 5.56. The fourth-order valence-electron chi connectivity index (χ4n) is 2.24. The standard InChI is InChI=1S/C12H11ClF6N2/c13-9-5-8(12(17,18)19)6-10(20-9)21-3-1-7(2-4-21)11(14,15)16/h5-7H,1-4H2. The van der Waals surface area contributed by atoms with E-state index in [0.29, 0.717) is 6.07 Å². The Balaban J connectivity index is 2.16. The number of aromatic nitrogens is 1. The highest BCUT2D eigenvalue weighted by Crippen LogP contribution is 2.37. The van der Waals surface area contributed by atoms with Gasteiger partial charge in [-0.2, -0.15) is 26.3 Å². The molecule has 2 rings (SSSR count). The van der Waals surface area contributed by atoms with E-state index in [4.69, 9.17) is 11.6 Å². The molecule has 0 N–H and O–H groups in total. The van der Waals surface area contributed by atoms with Gasteiger partial charge < -0.3 is 4.90 Å². The molecule has 2 nitrogen and oxygen atoms in total. The van der Waals surface area contributed by atoms with Crippen molar-refractivity contribution in [3.8, 4) is 0 Å². The molecule has 0 saturated carbocycles. The summed E-state index contributed by atoms with van der Waals surface area (Å²) in [5.74, 6) is -1.47. The first-order valence-corrected chi connectivity index (χ1v) is 6.51. The van der Waals surface area contributed by atoms with E-state index < -0.39 is 23.8 Å². The molecule has 1 aliphatic rings. The lowest BCUT2D eigenvalue weighted by molar-refractivity contribution is -0.179. The fraction of sp³-hybridized carbons (Fsp3) is 0.583. The number of nitrogens with zero attached hydrogens (tertiary/aromatic N) is 2. The fourth-order valence-corrected chi connectivity index (χ4v) is 2.45. The lowest BCUT2D eigenvalue weighted by Crippen LogP contribution is -2.39. The van der Waals surface area contributed by atoms with Gasteiger partial charge in [-0.15, -0.1) is 0 Å². The summed E-state index contributed by atoms with van der Waals surface area (Å²) in [4.78, 5) is 5.16. The number of hydrogen-bond acceptors (Lipinski definition) is 2. The first kappa shape index (κ1) is 16.2. The van der Waals surface area contributed by atoms with Crippen LogP contribution in [0.2, 0.25) is 5.15 Å². The van der Waals surface area contributed by atoms with Crippen molar-refractivity contribution in [1.82, 2.24) is 4.98 Å². The van der Waals surface area contributed by atoms with Crippen LogP contribution in [0.15, 0.2) is 12.1 Å². The number of rotatable bonds is 1. The quantitative estimate of drug-likeness (QED) is 0.555. The molecular weight excluding hydrogens is 322 g/mol. The molecule has 0 bridgehead atoms. The van der Waals surface area contributed by atoms with Gasteiger partial charge in [-0.3, -0.25) is 0 Å². The molecule has 0 radical (unpaired) electrons. The molecule has 1 aromatic heterocycles. The van der Waals surface area contributed by atoms with Crippen LogP contribution in [-0.2, 0) is 6.18 Å². The van der Waals surface area contributed by atoms with Crippen molar-refractivity contribution in [3.05, 3.63) is 22.8 Å². The molecule has 0 unspecified atom stereocenters. The lowest BCUT2D eigenvalue weighted by atomic mass is 9.96. The Kier molecular flexibility index (Phi) is 4.28. The topological polar surface area (TPSA) is 16.1 Å². The van der Waals surface area contributed by atoms with Crippen molar-refractivity contribution in [3.63, 3.8) is 0 Å². The van der Waals surface area contributed by atoms with Crippen LogP contribution in [0.25, 0.3) is 0 Å². The molecule has 2 heterocycles. The Labute approximate surface area is 121 Å². The summed E-state index contributed by atoms with van der Waals surface area (Å²) in [6, 6.07) is 1.49. The van der Waals surface area contributed by atoms with Crippen LogP contribution in [0.3, 0.4) is 0 Å². The van der Waals surface area contributed by atoms with Gasteiger partial charge in [0, 0.05) is 13.1 Å². The SMILES string of the molecule is FC(F)(F)c1cc(Cl)nc(N2CCC(C(F)(F)F)CC2)c1. The summed E-state index contributed by atoms with van der Waals surface area (Å²) in [5.41, 5.74) is -0.963. The molecule has 9 heteroatoms. The predicted octanol–water partition coefficient (Wildman–Crippen LogP) is 4.53. The van der Waals surface area contributed by atoms with Gasteiger partial charge in [-0.05, 0) is 25.0 Å². The van der Waals surface area contributed by atoms with Gasteiger partial charge in [0.05, 0.1) is 11.5 Å². The molecule has 118 valence electrons. The van der Waals surface area contributed by atoms with Gasteiger partial charge in [0.2, 0.25) is 0 Å². The van der Waals surface area contributed by atoms with Crippen LogP contribution in [0, 0.1) is 5.92 Å².